The number of halogens is 30. The van der Waals surface area contributed by atoms with E-state index in [4.69, 9.17) is 9.47 Å². The molecule has 0 radical (unpaired) electrons. The van der Waals surface area contributed by atoms with Crippen molar-refractivity contribution in [3.05, 3.63) is 166 Å². The SMILES string of the molecule is CNc1ccc(Oc2ccc(NC(=O)C3CCC(C(C)=O)CC3)c(C(O)(C(F)(F)F)C(F)(F)F)c2)cc1C(O)(C(F)(F)F)C(F)(F)F.CNc1ccc(Oc2ccc(NC(=O)c3ccc(C(c4ccc(C(C)=O)cc4)(C(F)(F)F)C(F)(F)F)cc3)c(C(O)(C(F)(F)F)C(F)(F)F)c2)cc1C(O)(C(F)(F)F)C(F)(F)F. The fraction of sp³-hybridized carbons (Fsp3) is 0.385. The lowest BCUT2D eigenvalue weighted by Crippen LogP contribution is -2.54. The number of ether oxygens (including phenoxy) is 2. The number of anilines is 4. The number of hydrogen-bond donors (Lipinski definition) is 8. The van der Waals surface area contributed by atoms with Crippen molar-refractivity contribution in [2.45, 2.75) is 129 Å². The number of hydrogen-bond acceptors (Lipinski definition) is 12. The standard InChI is InChI=1S/C37H24F18N2O5.C28H26F12N2O5/c1-17(58)18-3-7-20(8-4-18)29(32(38,39)40,33(41,42)43)21-9-5-19(6-10-21)28(59)57-27-14-12-23(16-25(27)31(61,36(50,51)52)37(53,54)55)62-22-11-13-26(56-2)24(15-22)30(60,34(44,45)46)35(47,48)49;1-13(43)14-3-5-15(6-4-14)22(44)42-21-10-8-17(12-19(21)24(46,27(35,36)37)28(38,39)40)47-16-7-9-20(41-2)18(11-16)23(45,25(29,30)31)26(32,33)34/h3-16,56,60-61H,1-2H3,(H,57,59);7-12,14-15,41,45-46H,3-6H2,1-2H3,(H,42,44). The van der Waals surface area contributed by atoms with E-state index in [1.807, 2.05) is 16.0 Å². The average molecular weight is 1620 g/mol. The zero-order valence-electron chi connectivity index (χ0n) is 54.6. The van der Waals surface area contributed by atoms with E-state index < -0.39 is 204 Å². The first-order valence-corrected chi connectivity index (χ1v) is 30.0. The summed E-state index contributed by atoms with van der Waals surface area (Å²) in [6.07, 6.45) is -64.1. The fourth-order valence-corrected chi connectivity index (χ4v) is 11.3. The highest BCUT2D eigenvalue weighted by Gasteiger charge is 2.77. The summed E-state index contributed by atoms with van der Waals surface area (Å²) in [5.41, 5.74) is -45.1. The van der Waals surface area contributed by atoms with Crippen molar-refractivity contribution >= 4 is 46.1 Å². The Balaban J connectivity index is 0.000000354. The molecule has 0 aromatic heterocycles. The number of amides is 2. The molecule has 2 amide bonds. The summed E-state index contributed by atoms with van der Waals surface area (Å²) < 4.78 is 430. The molecule has 44 heteroatoms. The molecule has 1 fully saturated rings. The Kier molecular flexibility index (Phi) is 24.4. The Morgan fingerprint density at radius 3 is 0.826 bits per heavy atom. The molecule has 0 saturated heterocycles. The van der Waals surface area contributed by atoms with Crippen molar-refractivity contribution in [2.24, 2.45) is 11.8 Å². The Morgan fingerprint density at radius 1 is 0.330 bits per heavy atom. The van der Waals surface area contributed by atoms with Crippen LogP contribution in [0.25, 0.3) is 0 Å². The van der Waals surface area contributed by atoms with Gasteiger partial charge in [-0.1, -0.05) is 36.4 Å². The van der Waals surface area contributed by atoms with Gasteiger partial charge in [-0.05, 0) is 136 Å². The maximum Gasteiger partial charge on any atom is 0.430 e. The second-order valence-electron chi connectivity index (χ2n) is 23.9. The van der Waals surface area contributed by atoms with Crippen LogP contribution in [-0.2, 0) is 37.4 Å². The summed E-state index contributed by atoms with van der Waals surface area (Å²) in [6, 6.07) is 6.20. The number of carbonyl (C=O) groups excluding carboxylic acids is 4. The Morgan fingerprint density at radius 2 is 0.578 bits per heavy atom. The molecule has 600 valence electrons. The third-order valence-electron chi connectivity index (χ3n) is 17.1. The number of alkyl halides is 30. The molecule has 0 spiro atoms. The summed E-state index contributed by atoms with van der Waals surface area (Å²) in [6.45, 7) is 2.28. The van der Waals surface area contributed by atoms with Crippen LogP contribution in [0.15, 0.2) is 121 Å². The van der Waals surface area contributed by atoms with Crippen molar-refractivity contribution in [3.63, 3.8) is 0 Å². The maximum atomic E-state index is 14.6. The molecule has 6 aromatic carbocycles. The highest BCUT2D eigenvalue weighted by atomic mass is 19.5. The summed E-state index contributed by atoms with van der Waals surface area (Å²) in [4.78, 5) is 49.2. The van der Waals surface area contributed by atoms with Crippen molar-refractivity contribution in [2.75, 3.05) is 35.4 Å². The monoisotopic (exact) mass is 1620 g/mol. The van der Waals surface area contributed by atoms with Gasteiger partial charge in [0.2, 0.25) is 11.3 Å². The van der Waals surface area contributed by atoms with Gasteiger partial charge in [0.1, 0.15) is 28.8 Å². The van der Waals surface area contributed by atoms with E-state index in [0.29, 0.717) is 66.7 Å². The van der Waals surface area contributed by atoms with Gasteiger partial charge in [-0.25, -0.2) is 0 Å². The van der Waals surface area contributed by atoms with Gasteiger partial charge in [0, 0.05) is 82.1 Å². The van der Waals surface area contributed by atoms with Gasteiger partial charge in [-0.2, -0.15) is 132 Å². The van der Waals surface area contributed by atoms with E-state index in [1.165, 1.54) is 12.2 Å². The maximum absolute atomic E-state index is 14.6. The van der Waals surface area contributed by atoms with Crippen LogP contribution in [0, 0.1) is 11.8 Å². The predicted octanol–water partition coefficient (Wildman–Crippen LogP) is 18.5. The average Bonchev–Trinajstić information content (AvgIpc) is 0.739. The van der Waals surface area contributed by atoms with E-state index in [9.17, 15) is 171 Å². The summed E-state index contributed by atoms with van der Waals surface area (Å²) >= 11 is 0. The van der Waals surface area contributed by atoms with Crippen molar-refractivity contribution in [1.82, 2.24) is 0 Å². The number of ketones is 2. The number of benzene rings is 6. The summed E-state index contributed by atoms with van der Waals surface area (Å²) in [5, 5.41) is 47.6. The molecule has 14 nitrogen and oxygen atoms in total. The zero-order valence-corrected chi connectivity index (χ0v) is 54.6. The molecular weight excluding hydrogens is 1570 g/mol. The third kappa shape index (κ3) is 16.7. The zero-order chi connectivity index (χ0) is 83.4. The molecule has 0 heterocycles. The topological polar surface area (TPSA) is 216 Å². The Bertz CT molecular complexity index is 4230. The van der Waals surface area contributed by atoms with Crippen LogP contribution >= 0.6 is 0 Å². The van der Waals surface area contributed by atoms with Crippen LogP contribution in [0.2, 0.25) is 0 Å². The number of nitrogens with one attached hydrogen (secondary N) is 4. The van der Waals surface area contributed by atoms with Crippen LogP contribution in [0.3, 0.4) is 0 Å². The van der Waals surface area contributed by atoms with Gasteiger partial charge >= 0.3 is 61.8 Å². The summed E-state index contributed by atoms with van der Waals surface area (Å²) in [7, 11) is 1.71. The first-order valence-electron chi connectivity index (χ1n) is 30.0. The van der Waals surface area contributed by atoms with Crippen LogP contribution in [0.5, 0.6) is 23.0 Å². The Hall–Kier alpha value is -9.46. The lowest BCUT2D eigenvalue weighted by Gasteiger charge is -2.38. The lowest BCUT2D eigenvalue weighted by atomic mass is 9.72. The smallest absolute Gasteiger partial charge is 0.430 e. The first kappa shape index (κ1) is 88.4. The number of Topliss-reactive ketones (excluding diaryl/α,β-unsaturated/α-hetero) is 2. The van der Waals surface area contributed by atoms with E-state index >= 15 is 0 Å². The minimum atomic E-state index is -6.76. The van der Waals surface area contributed by atoms with Crippen molar-refractivity contribution in [3.8, 4) is 23.0 Å². The van der Waals surface area contributed by atoms with E-state index in [2.05, 4.69) is 0 Å². The van der Waals surface area contributed by atoms with Gasteiger partial charge < -0.3 is 51.2 Å². The lowest BCUT2D eigenvalue weighted by molar-refractivity contribution is -0.376. The Labute approximate surface area is 591 Å². The van der Waals surface area contributed by atoms with E-state index in [1.54, 1.807) is 0 Å². The minimum absolute atomic E-state index is 0.0132. The minimum Gasteiger partial charge on any atom is -0.457 e. The number of rotatable bonds is 18. The van der Waals surface area contributed by atoms with Crippen LogP contribution in [0.4, 0.5) is 154 Å². The van der Waals surface area contributed by atoms with E-state index in [-0.39, 0.29) is 91.6 Å². The molecule has 8 N–H and O–H groups in total. The molecule has 0 unspecified atom stereocenters. The largest absolute Gasteiger partial charge is 0.457 e. The van der Waals surface area contributed by atoms with Gasteiger partial charge in [0.15, 0.2) is 5.78 Å². The highest BCUT2D eigenvalue weighted by molar-refractivity contribution is 6.05. The molecule has 6 aromatic rings. The highest BCUT2D eigenvalue weighted by Crippen LogP contribution is 2.60. The van der Waals surface area contributed by atoms with Gasteiger partial charge in [0.25, 0.3) is 28.3 Å². The third-order valence-corrected chi connectivity index (χ3v) is 17.1. The molecule has 0 atom stereocenters. The second kappa shape index (κ2) is 30.1. The molecule has 1 aliphatic rings. The van der Waals surface area contributed by atoms with Gasteiger partial charge in [-0.15, -0.1) is 0 Å². The van der Waals surface area contributed by atoms with Gasteiger partial charge in [-0.3, -0.25) is 19.2 Å². The molecule has 0 bridgehead atoms. The first-order chi connectivity index (χ1) is 49.3. The van der Waals surface area contributed by atoms with E-state index in [0.717, 1.165) is 21.0 Å². The fourth-order valence-electron chi connectivity index (χ4n) is 11.3. The normalized spacial score (nSPS) is 15.8. The van der Waals surface area contributed by atoms with Crippen LogP contribution in [-0.4, -0.2) is 120 Å². The van der Waals surface area contributed by atoms with Crippen molar-refractivity contribution in [1.29, 1.82) is 0 Å². The number of carbonyl (C=O) groups is 4. The second-order valence-corrected chi connectivity index (χ2v) is 23.9. The predicted molar refractivity (Wildman–Crippen MR) is 318 cm³/mol. The molecule has 7 rings (SSSR count). The molecule has 1 saturated carbocycles. The van der Waals surface area contributed by atoms with Crippen molar-refractivity contribution < 1.29 is 181 Å². The molecule has 1 aliphatic carbocycles. The molecule has 109 heavy (non-hydrogen) atoms. The number of aliphatic hydroxyl groups is 4. The van der Waals surface area contributed by atoms with Crippen LogP contribution < -0.4 is 30.7 Å². The quantitative estimate of drug-likeness (QED) is 0.0298. The summed E-state index contributed by atoms with van der Waals surface area (Å²) in [5.74, 6) is -9.66. The van der Waals surface area contributed by atoms with Gasteiger partial charge in [0.05, 0.1) is 0 Å². The van der Waals surface area contributed by atoms with Crippen LogP contribution in [0.1, 0.15) is 93.6 Å². The molecule has 0 aliphatic heterocycles. The molecular formula is C65H50F30N4O10.